The van der Waals surface area contributed by atoms with Crippen LogP contribution in [0.1, 0.15) is 5.56 Å². The van der Waals surface area contributed by atoms with Gasteiger partial charge in [-0.1, -0.05) is 54.6 Å². The molecule has 0 amide bonds. The average Bonchev–Trinajstić information content (AvgIpc) is 3.18. The van der Waals surface area contributed by atoms with Gasteiger partial charge in [0.2, 0.25) is 10.0 Å². The van der Waals surface area contributed by atoms with E-state index in [0.717, 1.165) is 33.7 Å². The Labute approximate surface area is 175 Å². The van der Waals surface area contributed by atoms with Crippen molar-refractivity contribution in [2.45, 2.75) is 11.4 Å². The molecule has 0 atom stereocenters. The number of nitrogens with two attached hydrogens (primary N) is 1. The average molecular weight is 420 g/mol. The summed E-state index contributed by atoms with van der Waals surface area (Å²) >= 11 is 0. The summed E-state index contributed by atoms with van der Waals surface area (Å²) < 4.78 is 30.3. The summed E-state index contributed by atoms with van der Waals surface area (Å²) in [5, 5.41) is 10.0. The van der Waals surface area contributed by atoms with Gasteiger partial charge in [-0.25, -0.2) is 13.6 Å². The Morgan fingerprint density at radius 2 is 1.53 bits per heavy atom. The molecule has 152 valence electrons. The first-order valence-corrected chi connectivity index (χ1v) is 10.9. The van der Waals surface area contributed by atoms with E-state index < -0.39 is 10.0 Å². The van der Waals surface area contributed by atoms with Crippen LogP contribution in [0.25, 0.3) is 22.4 Å². The van der Waals surface area contributed by atoms with Gasteiger partial charge in [-0.2, -0.15) is 5.10 Å². The van der Waals surface area contributed by atoms with Crippen molar-refractivity contribution in [3.63, 3.8) is 0 Å². The van der Waals surface area contributed by atoms with Crippen molar-refractivity contribution in [2.75, 3.05) is 7.11 Å². The maximum Gasteiger partial charge on any atom is 0.238 e. The van der Waals surface area contributed by atoms with Gasteiger partial charge >= 0.3 is 0 Å². The normalized spacial score (nSPS) is 11.4. The van der Waals surface area contributed by atoms with Gasteiger partial charge in [0.1, 0.15) is 11.4 Å². The molecule has 30 heavy (non-hydrogen) atoms. The monoisotopic (exact) mass is 419 g/mol. The largest absolute Gasteiger partial charge is 0.497 e. The third-order valence-corrected chi connectivity index (χ3v) is 5.74. The number of sulfonamides is 1. The van der Waals surface area contributed by atoms with Gasteiger partial charge in [0.25, 0.3) is 0 Å². The van der Waals surface area contributed by atoms with E-state index >= 15 is 0 Å². The Hall–Kier alpha value is -3.42. The smallest absolute Gasteiger partial charge is 0.238 e. The van der Waals surface area contributed by atoms with E-state index in [1.165, 1.54) is 12.1 Å². The molecule has 2 N–H and O–H groups in total. The third-order valence-electron chi connectivity index (χ3n) is 4.81. The molecule has 0 bridgehead atoms. The van der Waals surface area contributed by atoms with Gasteiger partial charge in [-0.3, -0.25) is 4.68 Å². The molecule has 0 aliphatic heterocycles. The molecule has 0 fully saturated rings. The Morgan fingerprint density at radius 1 is 0.900 bits per heavy atom. The lowest BCUT2D eigenvalue weighted by Crippen LogP contribution is -2.11. The molecular formula is C23H21N3O3S. The first kappa shape index (κ1) is 19.9. The van der Waals surface area contributed by atoms with E-state index in [0.29, 0.717) is 6.54 Å². The fourth-order valence-corrected chi connectivity index (χ4v) is 3.79. The number of aromatic nitrogens is 2. The van der Waals surface area contributed by atoms with Crippen molar-refractivity contribution in [2.24, 2.45) is 5.14 Å². The molecular weight excluding hydrogens is 398 g/mol. The molecule has 4 rings (SSSR count). The second-order valence-electron chi connectivity index (χ2n) is 6.87. The van der Waals surface area contributed by atoms with Crippen LogP contribution in [0.5, 0.6) is 5.75 Å². The van der Waals surface area contributed by atoms with Crippen LogP contribution in [-0.2, 0) is 16.6 Å². The first-order chi connectivity index (χ1) is 14.4. The second-order valence-corrected chi connectivity index (χ2v) is 8.43. The molecule has 7 heteroatoms. The van der Waals surface area contributed by atoms with Crippen LogP contribution >= 0.6 is 0 Å². The highest BCUT2D eigenvalue weighted by atomic mass is 32.2. The molecule has 0 unspecified atom stereocenters. The number of rotatable bonds is 6. The zero-order chi connectivity index (χ0) is 21.1. The molecule has 0 spiro atoms. The summed E-state index contributed by atoms with van der Waals surface area (Å²) in [4.78, 5) is 0.0703. The fourth-order valence-electron chi connectivity index (χ4n) is 3.27. The van der Waals surface area contributed by atoms with E-state index in [9.17, 15) is 8.42 Å². The minimum Gasteiger partial charge on any atom is -0.497 e. The number of ether oxygens (including phenoxy) is 1. The highest BCUT2D eigenvalue weighted by Gasteiger charge is 2.15. The Balaban J connectivity index is 1.78. The van der Waals surface area contributed by atoms with Gasteiger partial charge in [0.05, 0.1) is 18.6 Å². The predicted molar refractivity (Wildman–Crippen MR) is 117 cm³/mol. The van der Waals surface area contributed by atoms with Crippen molar-refractivity contribution in [3.8, 4) is 28.1 Å². The van der Waals surface area contributed by atoms with Crippen LogP contribution < -0.4 is 9.88 Å². The lowest BCUT2D eigenvalue weighted by Gasteiger charge is -2.05. The van der Waals surface area contributed by atoms with Gasteiger partial charge < -0.3 is 4.74 Å². The van der Waals surface area contributed by atoms with E-state index in [1.807, 2.05) is 53.3 Å². The van der Waals surface area contributed by atoms with Gasteiger partial charge in [-0.15, -0.1) is 0 Å². The van der Waals surface area contributed by atoms with Gasteiger partial charge in [-0.05, 0) is 35.4 Å². The van der Waals surface area contributed by atoms with E-state index in [2.05, 4.69) is 12.1 Å². The van der Waals surface area contributed by atoms with Crippen molar-refractivity contribution in [1.82, 2.24) is 9.78 Å². The number of hydrogen-bond donors (Lipinski definition) is 1. The highest BCUT2D eigenvalue weighted by Crippen LogP contribution is 2.32. The quantitative estimate of drug-likeness (QED) is 0.513. The summed E-state index contributed by atoms with van der Waals surface area (Å²) in [6.45, 7) is 0.624. The first-order valence-electron chi connectivity index (χ1n) is 9.33. The summed E-state index contributed by atoms with van der Waals surface area (Å²) in [6.07, 6.45) is 2.00. The van der Waals surface area contributed by atoms with Crippen molar-refractivity contribution in [1.29, 1.82) is 0 Å². The van der Waals surface area contributed by atoms with Crippen LogP contribution in [0, 0.1) is 0 Å². The standard InChI is InChI=1S/C23H21N3O3S/c1-29-20-11-7-18(8-12-20)22-16-26(15-17-5-3-2-4-6-17)25-23(22)19-9-13-21(14-10-19)30(24,27)28/h2-14,16H,15H2,1H3,(H2,24,27,28). The minimum atomic E-state index is -3.75. The number of methoxy groups -OCH3 is 1. The van der Waals surface area contributed by atoms with Crippen molar-refractivity contribution in [3.05, 3.63) is 90.6 Å². The Bertz CT molecular complexity index is 1250. The van der Waals surface area contributed by atoms with Crippen LogP contribution in [0.4, 0.5) is 0 Å². The molecule has 4 aromatic rings. The summed E-state index contributed by atoms with van der Waals surface area (Å²) in [7, 11) is -2.12. The number of benzene rings is 3. The zero-order valence-corrected chi connectivity index (χ0v) is 17.2. The molecule has 0 saturated carbocycles. The Kier molecular flexibility index (Phi) is 5.39. The zero-order valence-electron chi connectivity index (χ0n) is 16.4. The minimum absolute atomic E-state index is 0.0703. The molecule has 0 aliphatic rings. The Morgan fingerprint density at radius 3 is 2.13 bits per heavy atom. The maximum absolute atomic E-state index is 11.6. The predicted octanol–water partition coefficient (Wildman–Crippen LogP) is 3.92. The van der Waals surface area contributed by atoms with E-state index in [1.54, 1.807) is 19.2 Å². The number of nitrogens with zero attached hydrogens (tertiary/aromatic N) is 2. The van der Waals surface area contributed by atoms with E-state index in [4.69, 9.17) is 15.0 Å². The molecule has 1 aromatic heterocycles. The number of hydrogen-bond acceptors (Lipinski definition) is 4. The maximum atomic E-state index is 11.6. The molecule has 0 saturated heterocycles. The topological polar surface area (TPSA) is 87.2 Å². The van der Waals surface area contributed by atoms with Crippen LogP contribution in [-0.4, -0.2) is 25.3 Å². The van der Waals surface area contributed by atoms with Crippen LogP contribution in [0.3, 0.4) is 0 Å². The van der Waals surface area contributed by atoms with Crippen molar-refractivity contribution < 1.29 is 13.2 Å². The second kappa shape index (κ2) is 8.14. The lowest BCUT2D eigenvalue weighted by molar-refractivity contribution is 0.415. The van der Waals surface area contributed by atoms with Gasteiger partial charge in [0, 0.05) is 17.3 Å². The summed E-state index contributed by atoms with van der Waals surface area (Å²) in [5.74, 6) is 0.773. The molecule has 1 heterocycles. The highest BCUT2D eigenvalue weighted by molar-refractivity contribution is 7.89. The molecule has 0 radical (unpaired) electrons. The van der Waals surface area contributed by atoms with Crippen molar-refractivity contribution >= 4 is 10.0 Å². The fraction of sp³-hybridized carbons (Fsp3) is 0.0870. The molecule has 3 aromatic carbocycles. The molecule has 6 nitrogen and oxygen atoms in total. The number of primary sulfonamides is 1. The van der Waals surface area contributed by atoms with Crippen LogP contribution in [0.2, 0.25) is 0 Å². The summed E-state index contributed by atoms with van der Waals surface area (Å²) in [5.41, 5.74) is 4.63. The third kappa shape index (κ3) is 4.27. The molecule has 0 aliphatic carbocycles. The van der Waals surface area contributed by atoms with Gasteiger partial charge in [0.15, 0.2) is 0 Å². The van der Waals surface area contributed by atoms with E-state index in [-0.39, 0.29) is 4.90 Å². The summed E-state index contributed by atoms with van der Waals surface area (Å²) in [6, 6.07) is 24.3. The van der Waals surface area contributed by atoms with Crippen LogP contribution in [0.15, 0.2) is 90.0 Å². The SMILES string of the molecule is COc1ccc(-c2cn(Cc3ccccc3)nc2-c2ccc(S(N)(=O)=O)cc2)cc1. The lowest BCUT2D eigenvalue weighted by atomic mass is 10.0.